The number of anilines is 2. The minimum Gasteiger partial charge on any atom is -0.478 e. The van der Waals surface area contributed by atoms with Crippen molar-refractivity contribution in [3.05, 3.63) is 76.1 Å². The van der Waals surface area contributed by atoms with Gasteiger partial charge in [-0.05, 0) is 49.1 Å². The van der Waals surface area contributed by atoms with Gasteiger partial charge in [0, 0.05) is 24.4 Å². The van der Waals surface area contributed by atoms with Crippen molar-refractivity contribution >= 4 is 29.2 Å². The standard InChI is InChI=1S/C24H20ClN5O2/c1-13-5-3-4-6-16(13)22-20-19(29-30(22)2)10-8-15-12-26-24(28-21(15)20)27-18-9-7-14(23(31)32)11-17(18)25/h3-7,9,11-12H,8,10H2,1-2H3,(H,31,32)(H,26,27,28). The van der Waals surface area contributed by atoms with Gasteiger partial charge in [-0.2, -0.15) is 5.10 Å². The summed E-state index contributed by atoms with van der Waals surface area (Å²) in [5, 5.41) is 17.3. The zero-order valence-corrected chi connectivity index (χ0v) is 18.3. The predicted octanol–water partition coefficient (Wildman–Crippen LogP) is 5.05. The molecule has 0 aliphatic heterocycles. The molecule has 5 rings (SSSR count). The van der Waals surface area contributed by atoms with E-state index in [9.17, 15) is 4.79 Å². The van der Waals surface area contributed by atoms with E-state index in [1.54, 1.807) is 6.07 Å². The van der Waals surface area contributed by atoms with Gasteiger partial charge < -0.3 is 10.4 Å². The maximum Gasteiger partial charge on any atom is 0.335 e. The number of aromatic carboxylic acids is 1. The molecule has 0 atom stereocenters. The Balaban J connectivity index is 1.59. The van der Waals surface area contributed by atoms with E-state index in [-0.39, 0.29) is 10.6 Å². The number of benzene rings is 2. The van der Waals surface area contributed by atoms with Gasteiger partial charge in [0.2, 0.25) is 5.95 Å². The average molecular weight is 446 g/mol. The van der Waals surface area contributed by atoms with Gasteiger partial charge in [0.25, 0.3) is 0 Å². The summed E-state index contributed by atoms with van der Waals surface area (Å²) in [6.07, 6.45) is 3.49. The van der Waals surface area contributed by atoms with Crippen molar-refractivity contribution in [2.45, 2.75) is 19.8 Å². The summed E-state index contributed by atoms with van der Waals surface area (Å²) in [6, 6.07) is 12.8. The largest absolute Gasteiger partial charge is 0.478 e. The van der Waals surface area contributed by atoms with Crippen LogP contribution in [0.15, 0.2) is 48.7 Å². The number of aryl methyl sites for hydroxylation is 4. The van der Waals surface area contributed by atoms with Gasteiger partial charge in [-0.3, -0.25) is 4.68 Å². The molecular formula is C24H20ClN5O2. The zero-order chi connectivity index (χ0) is 22.4. The SMILES string of the molecule is Cc1ccccc1-c1c2c(nn1C)CCc1cnc(Nc3ccc(C(=O)O)cc3Cl)nc1-2. The topological polar surface area (TPSA) is 92.9 Å². The number of halogens is 1. The highest BCUT2D eigenvalue weighted by Gasteiger charge is 2.27. The lowest BCUT2D eigenvalue weighted by Gasteiger charge is -2.18. The zero-order valence-electron chi connectivity index (χ0n) is 17.6. The summed E-state index contributed by atoms with van der Waals surface area (Å²) in [4.78, 5) is 20.5. The maximum atomic E-state index is 11.2. The number of fused-ring (bicyclic) bond motifs is 3. The Morgan fingerprint density at radius 1 is 1.19 bits per heavy atom. The van der Waals surface area contributed by atoms with Crippen LogP contribution >= 0.6 is 11.6 Å². The van der Waals surface area contributed by atoms with Crippen molar-refractivity contribution in [1.29, 1.82) is 0 Å². The van der Waals surface area contributed by atoms with E-state index < -0.39 is 5.97 Å². The molecule has 2 N–H and O–H groups in total. The third kappa shape index (κ3) is 3.40. The summed E-state index contributed by atoms with van der Waals surface area (Å²) >= 11 is 6.28. The van der Waals surface area contributed by atoms with Crippen LogP contribution in [0.2, 0.25) is 5.02 Å². The van der Waals surface area contributed by atoms with E-state index in [4.69, 9.17) is 26.8 Å². The molecule has 7 nitrogen and oxygen atoms in total. The van der Waals surface area contributed by atoms with Gasteiger partial charge in [0.15, 0.2) is 0 Å². The summed E-state index contributed by atoms with van der Waals surface area (Å²) in [7, 11) is 1.96. The normalized spacial score (nSPS) is 12.2. The number of aromatic nitrogens is 4. The van der Waals surface area contributed by atoms with E-state index >= 15 is 0 Å². The van der Waals surface area contributed by atoms with Crippen LogP contribution in [-0.2, 0) is 19.9 Å². The Kier molecular flexibility index (Phi) is 4.90. The molecule has 0 unspecified atom stereocenters. The summed E-state index contributed by atoms with van der Waals surface area (Å²) in [5.41, 5.74) is 7.96. The van der Waals surface area contributed by atoms with Crippen LogP contribution in [0.4, 0.5) is 11.6 Å². The number of carbonyl (C=O) groups is 1. The molecule has 32 heavy (non-hydrogen) atoms. The Hall–Kier alpha value is -3.71. The van der Waals surface area contributed by atoms with Gasteiger partial charge in [-0.15, -0.1) is 0 Å². The Morgan fingerprint density at radius 3 is 2.75 bits per heavy atom. The van der Waals surface area contributed by atoms with Gasteiger partial charge in [-0.1, -0.05) is 35.9 Å². The fraction of sp³-hybridized carbons (Fsp3) is 0.167. The van der Waals surface area contributed by atoms with E-state index in [2.05, 4.69) is 29.4 Å². The summed E-state index contributed by atoms with van der Waals surface area (Å²) < 4.78 is 1.93. The average Bonchev–Trinajstić information content (AvgIpc) is 3.11. The van der Waals surface area contributed by atoms with Crippen molar-refractivity contribution in [3.8, 4) is 22.5 Å². The van der Waals surface area contributed by atoms with Gasteiger partial charge in [0.1, 0.15) is 0 Å². The highest BCUT2D eigenvalue weighted by Crippen LogP contribution is 2.40. The van der Waals surface area contributed by atoms with Gasteiger partial charge in [-0.25, -0.2) is 14.8 Å². The lowest BCUT2D eigenvalue weighted by atomic mass is 9.90. The van der Waals surface area contributed by atoms with Crippen molar-refractivity contribution in [2.75, 3.05) is 5.32 Å². The van der Waals surface area contributed by atoms with E-state index in [0.717, 1.165) is 46.6 Å². The van der Waals surface area contributed by atoms with Crippen LogP contribution in [0, 0.1) is 6.92 Å². The first-order valence-electron chi connectivity index (χ1n) is 10.2. The van der Waals surface area contributed by atoms with E-state index in [1.165, 1.54) is 17.7 Å². The van der Waals surface area contributed by atoms with Crippen molar-refractivity contribution in [2.24, 2.45) is 7.05 Å². The maximum absolute atomic E-state index is 11.2. The highest BCUT2D eigenvalue weighted by atomic mass is 35.5. The monoisotopic (exact) mass is 445 g/mol. The third-order valence-corrected chi connectivity index (χ3v) is 6.03. The van der Waals surface area contributed by atoms with Gasteiger partial charge in [0.05, 0.1) is 33.4 Å². The smallest absolute Gasteiger partial charge is 0.335 e. The molecule has 2 aromatic heterocycles. The van der Waals surface area contributed by atoms with Crippen LogP contribution in [0.3, 0.4) is 0 Å². The predicted molar refractivity (Wildman–Crippen MR) is 124 cm³/mol. The fourth-order valence-corrected chi connectivity index (χ4v) is 4.37. The molecule has 0 fully saturated rings. The molecule has 0 saturated heterocycles. The number of carboxylic acid groups (broad SMARTS) is 1. The van der Waals surface area contributed by atoms with Crippen LogP contribution in [0.25, 0.3) is 22.5 Å². The second-order valence-corrected chi connectivity index (χ2v) is 8.21. The van der Waals surface area contributed by atoms with E-state index in [0.29, 0.717) is 11.6 Å². The summed E-state index contributed by atoms with van der Waals surface area (Å²) in [5.74, 6) is -0.641. The Morgan fingerprint density at radius 2 is 2.00 bits per heavy atom. The first-order valence-corrected chi connectivity index (χ1v) is 10.6. The molecule has 0 bridgehead atoms. The van der Waals surface area contributed by atoms with Crippen molar-refractivity contribution in [1.82, 2.24) is 19.7 Å². The minimum absolute atomic E-state index is 0.120. The number of hydrogen-bond acceptors (Lipinski definition) is 5. The van der Waals surface area contributed by atoms with Crippen LogP contribution in [-0.4, -0.2) is 30.8 Å². The van der Waals surface area contributed by atoms with Crippen LogP contribution < -0.4 is 5.32 Å². The van der Waals surface area contributed by atoms with Crippen molar-refractivity contribution < 1.29 is 9.90 Å². The first kappa shape index (κ1) is 20.2. The molecule has 4 aromatic rings. The molecule has 1 aliphatic rings. The molecule has 1 aliphatic carbocycles. The minimum atomic E-state index is -1.03. The van der Waals surface area contributed by atoms with Crippen molar-refractivity contribution in [3.63, 3.8) is 0 Å². The van der Waals surface area contributed by atoms with Gasteiger partial charge >= 0.3 is 5.97 Å². The lowest BCUT2D eigenvalue weighted by Crippen LogP contribution is -2.09. The number of hydrogen-bond donors (Lipinski definition) is 2. The first-order chi connectivity index (χ1) is 15.4. The molecule has 2 aromatic carbocycles. The summed E-state index contributed by atoms with van der Waals surface area (Å²) in [6.45, 7) is 2.09. The van der Waals surface area contributed by atoms with Crippen LogP contribution in [0.5, 0.6) is 0 Å². The molecular weight excluding hydrogens is 426 g/mol. The van der Waals surface area contributed by atoms with Crippen LogP contribution in [0.1, 0.15) is 27.2 Å². The molecule has 0 saturated carbocycles. The van der Waals surface area contributed by atoms with E-state index in [1.807, 2.05) is 30.1 Å². The Bertz CT molecular complexity index is 1380. The third-order valence-electron chi connectivity index (χ3n) is 5.71. The molecule has 0 amide bonds. The Labute approximate surface area is 189 Å². The molecule has 2 heterocycles. The second kappa shape index (κ2) is 7.76. The molecule has 0 spiro atoms. The lowest BCUT2D eigenvalue weighted by molar-refractivity contribution is 0.0697. The number of nitrogens with one attached hydrogen (secondary N) is 1. The molecule has 8 heteroatoms. The fourth-order valence-electron chi connectivity index (χ4n) is 4.14. The molecule has 0 radical (unpaired) electrons. The molecule has 160 valence electrons. The number of rotatable bonds is 4. The number of nitrogens with zero attached hydrogens (tertiary/aromatic N) is 4. The quantitative estimate of drug-likeness (QED) is 0.456. The second-order valence-electron chi connectivity index (χ2n) is 7.80. The number of carboxylic acids is 1. The highest BCUT2D eigenvalue weighted by molar-refractivity contribution is 6.33.